The van der Waals surface area contributed by atoms with Gasteiger partial charge in [0, 0.05) is 24.5 Å². The SMILES string of the molecule is CC(C)(C)C(=O)NC1CCCN(c2ncc(F)cn2)C1. The van der Waals surface area contributed by atoms with Crippen LogP contribution in [0.4, 0.5) is 10.3 Å². The van der Waals surface area contributed by atoms with Gasteiger partial charge < -0.3 is 10.2 Å². The van der Waals surface area contributed by atoms with Gasteiger partial charge in [-0.3, -0.25) is 4.79 Å². The summed E-state index contributed by atoms with van der Waals surface area (Å²) in [6.07, 6.45) is 4.23. The van der Waals surface area contributed by atoms with E-state index < -0.39 is 11.2 Å². The first-order valence-corrected chi connectivity index (χ1v) is 6.90. The maximum Gasteiger partial charge on any atom is 0.225 e. The number of carbonyl (C=O) groups excluding carboxylic acids is 1. The van der Waals surface area contributed by atoms with Crippen LogP contribution in [0, 0.1) is 11.2 Å². The fourth-order valence-electron chi connectivity index (χ4n) is 2.15. The standard InChI is InChI=1S/C14H21FN4O/c1-14(2,3)12(20)18-11-5-4-6-19(9-11)13-16-7-10(15)8-17-13/h7-8,11H,4-6,9H2,1-3H3,(H,18,20). The third-order valence-electron chi connectivity index (χ3n) is 3.33. The molecule has 1 amide bonds. The molecule has 1 N–H and O–H groups in total. The van der Waals surface area contributed by atoms with Crippen molar-refractivity contribution in [2.24, 2.45) is 5.41 Å². The van der Waals surface area contributed by atoms with Gasteiger partial charge in [0.1, 0.15) is 0 Å². The molecule has 0 radical (unpaired) electrons. The van der Waals surface area contributed by atoms with E-state index in [1.807, 2.05) is 25.7 Å². The summed E-state index contributed by atoms with van der Waals surface area (Å²) in [6.45, 7) is 7.17. The average molecular weight is 280 g/mol. The van der Waals surface area contributed by atoms with Gasteiger partial charge in [-0.2, -0.15) is 0 Å². The summed E-state index contributed by atoms with van der Waals surface area (Å²) < 4.78 is 12.8. The number of nitrogens with zero attached hydrogens (tertiary/aromatic N) is 3. The van der Waals surface area contributed by atoms with Gasteiger partial charge in [0.2, 0.25) is 11.9 Å². The number of anilines is 1. The Balaban J connectivity index is 1.98. The number of hydrogen-bond acceptors (Lipinski definition) is 4. The van der Waals surface area contributed by atoms with Gasteiger partial charge >= 0.3 is 0 Å². The lowest BCUT2D eigenvalue weighted by Crippen LogP contribution is -2.50. The van der Waals surface area contributed by atoms with E-state index >= 15 is 0 Å². The molecule has 20 heavy (non-hydrogen) atoms. The minimum Gasteiger partial charge on any atom is -0.351 e. The Labute approximate surface area is 118 Å². The minimum absolute atomic E-state index is 0.0457. The van der Waals surface area contributed by atoms with Crippen molar-refractivity contribution in [1.82, 2.24) is 15.3 Å². The van der Waals surface area contributed by atoms with E-state index in [1.54, 1.807) is 0 Å². The molecule has 1 aliphatic rings. The van der Waals surface area contributed by atoms with Gasteiger partial charge in [0.05, 0.1) is 12.4 Å². The molecule has 110 valence electrons. The van der Waals surface area contributed by atoms with Crippen LogP contribution in [0.3, 0.4) is 0 Å². The van der Waals surface area contributed by atoms with Crippen molar-refractivity contribution in [1.29, 1.82) is 0 Å². The highest BCUT2D eigenvalue weighted by atomic mass is 19.1. The molecular weight excluding hydrogens is 259 g/mol. The average Bonchev–Trinajstić information content (AvgIpc) is 2.39. The lowest BCUT2D eigenvalue weighted by Gasteiger charge is -2.34. The number of piperidine rings is 1. The summed E-state index contributed by atoms with van der Waals surface area (Å²) in [5, 5.41) is 3.06. The molecule has 0 aromatic carbocycles. The first-order chi connectivity index (χ1) is 9.36. The van der Waals surface area contributed by atoms with E-state index in [0.29, 0.717) is 12.5 Å². The summed E-state index contributed by atoms with van der Waals surface area (Å²) in [7, 11) is 0. The molecule has 1 aliphatic heterocycles. The molecule has 2 heterocycles. The third kappa shape index (κ3) is 3.65. The molecule has 0 bridgehead atoms. The number of amides is 1. The Kier molecular flexibility index (Phi) is 4.20. The molecule has 1 unspecified atom stereocenters. The summed E-state index contributed by atoms with van der Waals surface area (Å²) in [6, 6.07) is 0.0872. The topological polar surface area (TPSA) is 58.1 Å². The molecule has 0 aliphatic carbocycles. The quantitative estimate of drug-likeness (QED) is 0.896. The lowest BCUT2D eigenvalue weighted by atomic mass is 9.94. The van der Waals surface area contributed by atoms with Crippen LogP contribution in [-0.2, 0) is 4.79 Å². The normalized spacial score (nSPS) is 19.8. The van der Waals surface area contributed by atoms with Crippen molar-refractivity contribution in [3.63, 3.8) is 0 Å². The molecule has 0 spiro atoms. The summed E-state index contributed by atoms with van der Waals surface area (Å²) in [5.74, 6) is 0.119. The molecule has 1 aromatic rings. The number of carbonyl (C=O) groups is 1. The number of nitrogens with one attached hydrogen (secondary N) is 1. The Hall–Kier alpha value is -1.72. The summed E-state index contributed by atoms with van der Waals surface area (Å²) in [4.78, 5) is 22.0. The lowest BCUT2D eigenvalue weighted by molar-refractivity contribution is -0.129. The Morgan fingerprint density at radius 2 is 2.05 bits per heavy atom. The maximum absolute atomic E-state index is 12.8. The largest absolute Gasteiger partial charge is 0.351 e. The molecule has 5 nitrogen and oxygen atoms in total. The molecule has 2 rings (SSSR count). The van der Waals surface area contributed by atoms with Crippen LogP contribution < -0.4 is 10.2 Å². The molecular formula is C14H21FN4O. The van der Waals surface area contributed by atoms with Gasteiger partial charge in [0.25, 0.3) is 0 Å². The van der Waals surface area contributed by atoms with E-state index in [0.717, 1.165) is 19.4 Å². The van der Waals surface area contributed by atoms with Crippen LogP contribution in [0.15, 0.2) is 12.4 Å². The Bertz CT molecular complexity index is 469. The van der Waals surface area contributed by atoms with E-state index in [1.165, 1.54) is 12.4 Å². The maximum atomic E-state index is 12.8. The number of aromatic nitrogens is 2. The predicted molar refractivity (Wildman–Crippen MR) is 74.8 cm³/mol. The molecule has 1 aromatic heterocycles. The van der Waals surface area contributed by atoms with Gasteiger partial charge in [-0.15, -0.1) is 0 Å². The molecule has 0 saturated carbocycles. The van der Waals surface area contributed by atoms with Crippen LogP contribution >= 0.6 is 0 Å². The zero-order valence-corrected chi connectivity index (χ0v) is 12.2. The van der Waals surface area contributed by atoms with E-state index in [9.17, 15) is 9.18 Å². The van der Waals surface area contributed by atoms with Crippen LogP contribution in [0.5, 0.6) is 0 Å². The zero-order valence-electron chi connectivity index (χ0n) is 12.2. The fourth-order valence-corrected chi connectivity index (χ4v) is 2.15. The highest BCUT2D eigenvalue weighted by molar-refractivity contribution is 5.81. The third-order valence-corrected chi connectivity index (χ3v) is 3.33. The van der Waals surface area contributed by atoms with Crippen molar-refractivity contribution in [3.05, 3.63) is 18.2 Å². The van der Waals surface area contributed by atoms with Gasteiger partial charge in [0.15, 0.2) is 5.82 Å². The van der Waals surface area contributed by atoms with E-state index in [-0.39, 0.29) is 11.9 Å². The highest BCUT2D eigenvalue weighted by Crippen LogP contribution is 2.18. The zero-order chi connectivity index (χ0) is 14.8. The Morgan fingerprint density at radius 3 is 2.65 bits per heavy atom. The van der Waals surface area contributed by atoms with Crippen LogP contribution in [0.2, 0.25) is 0 Å². The van der Waals surface area contributed by atoms with Crippen LogP contribution in [0.25, 0.3) is 0 Å². The second-order valence-electron chi connectivity index (χ2n) is 6.21. The summed E-state index contributed by atoms with van der Waals surface area (Å²) >= 11 is 0. The van der Waals surface area contributed by atoms with Crippen molar-refractivity contribution in [2.45, 2.75) is 39.7 Å². The van der Waals surface area contributed by atoms with E-state index in [4.69, 9.17) is 0 Å². The van der Waals surface area contributed by atoms with Gasteiger partial charge in [-0.25, -0.2) is 14.4 Å². The number of halogens is 1. The molecule has 1 saturated heterocycles. The van der Waals surface area contributed by atoms with Crippen molar-refractivity contribution in [3.8, 4) is 0 Å². The van der Waals surface area contributed by atoms with E-state index in [2.05, 4.69) is 15.3 Å². The second kappa shape index (κ2) is 5.73. The highest BCUT2D eigenvalue weighted by Gasteiger charge is 2.27. The number of rotatable bonds is 2. The first kappa shape index (κ1) is 14.7. The second-order valence-corrected chi connectivity index (χ2v) is 6.21. The van der Waals surface area contributed by atoms with Crippen molar-refractivity contribution in [2.75, 3.05) is 18.0 Å². The Morgan fingerprint density at radius 1 is 1.40 bits per heavy atom. The fraction of sp³-hybridized carbons (Fsp3) is 0.643. The summed E-state index contributed by atoms with van der Waals surface area (Å²) in [5.41, 5.74) is -0.394. The molecule has 1 atom stereocenters. The smallest absolute Gasteiger partial charge is 0.225 e. The number of hydrogen-bond donors (Lipinski definition) is 1. The first-order valence-electron chi connectivity index (χ1n) is 6.90. The van der Waals surface area contributed by atoms with Crippen LogP contribution in [-0.4, -0.2) is 35.0 Å². The van der Waals surface area contributed by atoms with Crippen molar-refractivity contribution < 1.29 is 9.18 Å². The monoisotopic (exact) mass is 280 g/mol. The predicted octanol–water partition coefficient (Wildman–Crippen LogP) is 1.75. The van der Waals surface area contributed by atoms with Crippen molar-refractivity contribution >= 4 is 11.9 Å². The molecule has 6 heteroatoms. The minimum atomic E-state index is -0.441. The molecule has 1 fully saturated rings. The van der Waals surface area contributed by atoms with Crippen LogP contribution in [0.1, 0.15) is 33.6 Å². The van der Waals surface area contributed by atoms with Gasteiger partial charge in [-0.1, -0.05) is 20.8 Å². The van der Waals surface area contributed by atoms with Gasteiger partial charge in [-0.05, 0) is 12.8 Å².